The molecule has 116 valence electrons. The molecule has 2 rings (SSSR count). The van der Waals surface area contributed by atoms with Crippen molar-refractivity contribution in [1.82, 2.24) is 0 Å². The normalized spacial score (nSPS) is 10.6. The van der Waals surface area contributed by atoms with E-state index in [2.05, 4.69) is 30.5 Å². The second kappa shape index (κ2) is 7.52. The van der Waals surface area contributed by atoms with Crippen molar-refractivity contribution in [1.29, 1.82) is 0 Å². The number of hydrogen-bond acceptors (Lipinski definition) is 2. The van der Waals surface area contributed by atoms with Gasteiger partial charge in [0.25, 0.3) is 0 Å². The summed E-state index contributed by atoms with van der Waals surface area (Å²) in [5.74, 6) is 0.222. The predicted molar refractivity (Wildman–Crippen MR) is 94.1 cm³/mol. The highest BCUT2D eigenvalue weighted by molar-refractivity contribution is 6.36. The third-order valence-corrected chi connectivity index (χ3v) is 3.78. The molecule has 2 aromatic carbocycles. The van der Waals surface area contributed by atoms with Crippen LogP contribution in [-0.2, 0) is 4.79 Å². The zero-order valence-corrected chi connectivity index (χ0v) is 14.0. The summed E-state index contributed by atoms with van der Waals surface area (Å²) < 4.78 is 0. The summed E-state index contributed by atoms with van der Waals surface area (Å²) in [4.78, 5) is 12.0. The predicted octanol–water partition coefficient (Wildman–Crippen LogP) is 5.17. The Morgan fingerprint density at radius 1 is 1.09 bits per heavy atom. The van der Waals surface area contributed by atoms with Crippen molar-refractivity contribution in [2.45, 2.75) is 19.8 Å². The number of rotatable bonds is 5. The number of benzene rings is 2. The van der Waals surface area contributed by atoms with Gasteiger partial charge in [0.05, 0.1) is 17.3 Å². The fraction of sp³-hybridized carbons (Fsp3) is 0.235. The first-order chi connectivity index (χ1) is 10.5. The number of hydrogen-bond donors (Lipinski definition) is 2. The Bertz CT molecular complexity index is 671. The van der Waals surface area contributed by atoms with Crippen molar-refractivity contribution in [3.63, 3.8) is 0 Å². The summed E-state index contributed by atoms with van der Waals surface area (Å²) in [6, 6.07) is 12.9. The Balaban J connectivity index is 1.99. The molecule has 22 heavy (non-hydrogen) atoms. The van der Waals surface area contributed by atoms with E-state index in [-0.39, 0.29) is 12.5 Å². The van der Waals surface area contributed by atoms with Gasteiger partial charge in [-0.2, -0.15) is 0 Å². The summed E-state index contributed by atoms with van der Waals surface area (Å²) in [6.07, 6.45) is 0. The molecule has 0 saturated carbocycles. The minimum absolute atomic E-state index is 0.164. The highest BCUT2D eigenvalue weighted by atomic mass is 35.5. The fourth-order valence-electron chi connectivity index (χ4n) is 2.12. The van der Waals surface area contributed by atoms with Crippen LogP contribution in [0.5, 0.6) is 0 Å². The molecule has 0 spiro atoms. The van der Waals surface area contributed by atoms with Gasteiger partial charge in [-0.1, -0.05) is 55.2 Å². The quantitative estimate of drug-likeness (QED) is 0.790. The zero-order chi connectivity index (χ0) is 16.1. The molecule has 2 aromatic rings. The lowest BCUT2D eigenvalue weighted by Gasteiger charge is -2.14. The molecule has 0 atom stereocenters. The van der Waals surface area contributed by atoms with E-state index in [0.29, 0.717) is 21.7 Å². The van der Waals surface area contributed by atoms with Gasteiger partial charge >= 0.3 is 0 Å². The van der Waals surface area contributed by atoms with E-state index >= 15 is 0 Å². The average molecular weight is 337 g/mol. The van der Waals surface area contributed by atoms with Gasteiger partial charge in [0.2, 0.25) is 5.91 Å². The number of nitrogens with one attached hydrogen (secondary N) is 2. The van der Waals surface area contributed by atoms with Gasteiger partial charge in [-0.15, -0.1) is 0 Å². The Labute approximate surface area is 140 Å². The van der Waals surface area contributed by atoms with Gasteiger partial charge in [-0.25, -0.2) is 0 Å². The van der Waals surface area contributed by atoms with Crippen LogP contribution in [0, 0.1) is 0 Å². The molecule has 2 N–H and O–H groups in total. The van der Waals surface area contributed by atoms with Crippen LogP contribution in [-0.4, -0.2) is 12.5 Å². The first-order valence-corrected chi connectivity index (χ1v) is 7.80. The second-order valence-electron chi connectivity index (χ2n) is 5.27. The van der Waals surface area contributed by atoms with E-state index in [4.69, 9.17) is 23.2 Å². The SMILES string of the molecule is CC(C)c1ccccc1NCC(=O)Nc1ccc(Cl)cc1Cl. The summed E-state index contributed by atoms with van der Waals surface area (Å²) in [5.41, 5.74) is 2.70. The van der Waals surface area contributed by atoms with Crippen LogP contribution in [0.15, 0.2) is 42.5 Å². The molecule has 0 aliphatic carbocycles. The molecular weight excluding hydrogens is 319 g/mol. The molecule has 0 saturated heterocycles. The standard InChI is InChI=1S/C17H18Cl2N2O/c1-11(2)13-5-3-4-6-15(13)20-10-17(22)21-16-8-7-12(18)9-14(16)19/h3-9,11,20H,10H2,1-2H3,(H,21,22). The van der Waals surface area contributed by atoms with Crippen molar-refractivity contribution in [2.24, 2.45) is 0 Å². The smallest absolute Gasteiger partial charge is 0.243 e. The van der Waals surface area contributed by atoms with Crippen molar-refractivity contribution in [3.8, 4) is 0 Å². The Morgan fingerprint density at radius 2 is 1.82 bits per heavy atom. The van der Waals surface area contributed by atoms with Crippen LogP contribution in [0.25, 0.3) is 0 Å². The maximum atomic E-state index is 12.0. The third-order valence-electron chi connectivity index (χ3n) is 3.23. The molecule has 0 fully saturated rings. The van der Waals surface area contributed by atoms with Gasteiger partial charge in [0.1, 0.15) is 0 Å². The molecular formula is C17H18Cl2N2O. The molecule has 0 aliphatic rings. The molecule has 5 heteroatoms. The highest BCUT2D eigenvalue weighted by Crippen LogP contribution is 2.26. The number of carbonyl (C=O) groups excluding carboxylic acids is 1. The Hall–Kier alpha value is -1.71. The van der Waals surface area contributed by atoms with Crippen LogP contribution in [0.3, 0.4) is 0 Å². The van der Waals surface area contributed by atoms with E-state index < -0.39 is 0 Å². The molecule has 0 radical (unpaired) electrons. The van der Waals surface area contributed by atoms with Gasteiger partial charge in [-0.05, 0) is 35.7 Å². The van der Waals surface area contributed by atoms with Crippen LogP contribution in [0.4, 0.5) is 11.4 Å². The van der Waals surface area contributed by atoms with Crippen molar-refractivity contribution < 1.29 is 4.79 Å². The van der Waals surface area contributed by atoms with Crippen molar-refractivity contribution in [3.05, 3.63) is 58.1 Å². The maximum Gasteiger partial charge on any atom is 0.243 e. The zero-order valence-electron chi connectivity index (χ0n) is 12.5. The summed E-state index contributed by atoms with van der Waals surface area (Å²) in [5, 5.41) is 6.88. The van der Waals surface area contributed by atoms with E-state index in [1.54, 1.807) is 18.2 Å². The molecule has 0 heterocycles. The van der Waals surface area contributed by atoms with Gasteiger partial charge in [0, 0.05) is 10.7 Å². The van der Waals surface area contributed by atoms with Crippen LogP contribution >= 0.6 is 23.2 Å². The Kier molecular flexibility index (Phi) is 5.69. The number of anilines is 2. The van der Waals surface area contributed by atoms with Crippen molar-refractivity contribution >= 4 is 40.5 Å². The first-order valence-electron chi connectivity index (χ1n) is 7.05. The second-order valence-corrected chi connectivity index (χ2v) is 6.11. The van der Waals surface area contributed by atoms with Crippen molar-refractivity contribution in [2.75, 3.05) is 17.2 Å². The van der Waals surface area contributed by atoms with E-state index in [1.165, 1.54) is 5.56 Å². The number of halogens is 2. The fourth-order valence-corrected chi connectivity index (χ4v) is 2.58. The highest BCUT2D eigenvalue weighted by Gasteiger charge is 2.09. The molecule has 0 bridgehead atoms. The minimum Gasteiger partial charge on any atom is -0.376 e. The van der Waals surface area contributed by atoms with Gasteiger partial charge < -0.3 is 10.6 Å². The van der Waals surface area contributed by atoms with E-state index in [1.807, 2.05) is 18.2 Å². The Morgan fingerprint density at radius 3 is 2.50 bits per heavy atom. The van der Waals surface area contributed by atoms with Gasteiger partial charge in [-0.3, -0.25) is 4.79 Å². The lowest BCUT2D eigenvalue weighted by molar-refractivity contribution is -0.114. The molecule has 1 amide bonds. The number of amides is 1. The summed E-state index contributed by atoms with van der Waals surface area (Å²) >= 11 is 11.9. The molecule has 0 unspecified atom stereocenters. The number of para-hydroxylation sites is 1. The topological polar surface area (TPSA) is 41.1 Å². The van der Waals surface area contributed by atoms with Gasteiger partial charge in [0.15, 0.2) is 0 Å². The monoisotopic (exact) mass is 336 g/mol. The maximum absolute atomic E-state index is 12.0. The lowest BCUT2D eigenvalue weighted by atomic mass is 10.0. The van der Waals surface area contributed by atoms with Crippen LogP contribution in [0.1, 0.15) is 25.3 Å². The molecule has 3 nitrogen and oxygen atoms in total. The third kappa shape index (κ3) is 4.39. The van der Waals surface area contributed by atoms with Crippen LogP contribution < -0.4 is 10.6 Å². The molecule has 0 aliphatic heterocycles. The largest absolute Gasteiger partial charge is 0.376 e. The lowest BCUT2D eigenvalue weighted by Crippen LogP contribution is -2.22. The van der Waals surface area contributed by atoms with E-state index in [9.17, 15) is 4.79 Å². The first kappa shape index (κ1) is 16.7. The minimum atomic E-state index is -0.164. The number of carbonyl (C=O) groups is 1. The van der Waals surface area contributed by atoms with Crippen LogP contribution in [0.2, 0.25) is 10.0 Å². The average Bonchev–Trinajstić information content (AvgIpc) is 2.48. The molecule has 0 aromatic heterocycles. The van der Waals surface area contributed by atoms with E-state index in [0.717, 1.165) is 5.69 Å². The summed E-state index contributed by atoms with van der Waals surface area (Å²) in [6.45, 7) is 4.41. The summed E-state index contributed by atoms with van der Waals surface area (Å²) in [7, 11) is 0.